The Morgan fingerprint density at radius 1 is 1.25 bits per heavy atom. The van der Waals surface area contributed by atoms with Crippen LogP contribution in [-0.4, -0.2) is 11.0 Å². The second kappa shape index (κ2) is 5.74. The van der Waals surface area contributed by atoms with Crippen LogP contribution in [0.15, 0.2) is 42.5 Å². The maximum absolute atomic E-state index is 13.6. The van der Waals surface area contributed by atoms with E-state index in [2.05, 4.69) is 5.32 Å². The van der Waals surface area contributed by atoms with E-state index in [0.29, 0.717) is 16.7 Å². The molecule has 4 heteroatoms. The molecule has 2 aromatic rings. The summed E-state index contributed by atoms with van der Waals surface area (Å²) in [7, 11) is 0. The SMILES string of the molecule is Cc1ccc(C(=O)NC(C)c2ccccc2F)cc1O. The van der Waals surface area contributed by atoms with E-state index in [9.17, 15) is 14.3 Å². The number of aryl methyl sites for hydroxylation is 1. The standard InChI is InChI=1S/C16H16FNO2/c1-10-7-8-12(9-15(10)19)16(20)18-11(2)13-5-3-4-6-14(13)17/h3-9,11,19H,1-2H3,(H,18,20). The number of amides is 1. The van der Waals surface area contributed by atoms with Gasteiger partial charge in [-0.1, -0.05) is 24.3 Å². The summed E-state index contributed by atoms with van der Waals surface area (Å²) in [6.45, 7) is 3.46. The molecule has 104 valence electrons. The van der Waals surface area contributed by atoms with Crippen molar-refractivity contribution in [3.05, 3.63) is 65.0 Å². The Morgan fingerprint density at radius 3 is 2.60 bits per heavy atom. The van der Waals surface area contributed by atoms with Gasteiger partial charge in [-0.05, 0) is 37.6 Å². The summed E-state index contributed by atoms with van der Waals surface area (Å²) >= 11 is 0. The van der Waals surface area contributed by atoms with Gasteiger partial charge in [-0.15, -0.1) is 0 Å². The number of nitrogens with one attached hydrogen (secondary N) is 1. The molecule has 2 aromatic carbocycles. The van der Waals surface area contributed by atoms with Crippen molar-refractivity contribution in [3.63, 3.8) is 0 Å². The van der Waals surface area contributed by atoms with Gasteiger partial charge in [0.1, 0.15) is 11.6 Å². The number of aromatic hydroxyl groups is 1. The highest BCUT2D eigenvalue weighted by atomic mass is 19.1. The normalized spacial score (nSPS) is 11.9. The van der Waals surface area contributed by atoms with Crippen molar-refractivity contribution in [2.24, 2.45) is 0 Å². The molecule has 0 radical (unpaired) electrons. The molecule has 0 saturated heterocycles. The van der Waals surface area contributed by atoms with Crippen molar-refractivity contribution >= 4 is 5.91 Å². The zero-order valence-electron chi connectivity index (χ0n) is 11.4. The highest BCUT2D eigenvalue weighted by Crippen LogP contribution is 2.19. The summed E-state index contributed by atoms with van der Waals surface area (Å²) < 4.78 is 13.6. The third kappa shape index (κ3) is 2.96. The second-order valence-corrected chi connectivity index (χ2v) is 4.72. The van der Waals surface area contributed by atoms with Crippen molar-refractivity contribution in [3.8, 4) is 5.75 Å². The number of halogens is 1. The molecule has 1 atom stereocenters. The molecule has 0 bridgehead atoms. The van der Waals surface area contributed by atoms with Gasteiger partial charge in [0.2, 0.25) is 0 Å². The minimum absolute atomic E-state index is 0.0659. The van der Waals surface area contributed by atoms with Crippen LogP contribution in [0, 0.1) is 12.7 Å². The maximum atomic E-state index is 13.6. The van der Waals surface area contributed by atoms with Gasteiger partial charge in [0.25, 0.3) is 5.91 Å². The number of rotatable bonds is 3. The molecule has 0 aliphatic carbocycles. The van der Waals surface area contributed by atoms with Gasteiger partial charge in [0.05, 0.1) is 6.04 Å². The number of benzene rings is 2. The van der Waals surface area contributed by atoms with Crippen LogP contribution in [0.3, 0.4) is 0 Å². The van der Waals surface area contributed by atoms with E-state index >= 15 is 0 Å². The van der Waals surface area contributed by atoms with Gasteiger partial charge in [-0.2, -0.15) is 0 Å². The molecule has 20 heavy (non-hydrogen) atoms. The molecule has 0 heterocycles. The van der Waals surface area contributed by atoms with E-state index in [4.69, 9.17) is 0 Å². The van der Waals surface area contributed by atoms with Crippen LogP contribution in [0.4, 0.5) is 4.39 Å². The summed E-state index contributed by atoms with van der Waals surface area (Å²) in [5, 5.41) is 12.3. The summed E-state index contributed by atoms with van der Waals surface area (Å²) in [4.78, 5) is 12.1. The molecule has 0 aliphatic rings. The molecule has 0 aliphatic heterocycles. The van der Waals surface area contributed by atoms with Crippen molar-refractivity contribution in [1.29, 1.82) is 0 Å². The number of carbonyl (C=O) groups is 1. The van der Waals surface area contributed by atoms with Crippen LogP contribution in [0.1, 0.15) is 34.5 Å². The van der Waals surface area contributed by atoms with Crippen LogP contribution >= 0.6 is 0 Å². The summed E-state index contributed by atoms with van der Waals surface area (Å²) in [6, 6.07) is 10.6. The Bertz CT molecular complexity index is 640. The van der Waals surface area contributed by atoms with Crippen LogP contribution in [0.2, 0.25) is 0 Å². The molecule has 0 saturated carbocycles. The Kier molecular flexibility index (Phi) is 4.03. The molecule has 1 amide bonds. The number of carbonyl (C=O) groups excluding carboxylic acids is 1. The van der Waals surface area contributed by atoms with Crippen molar-refractivity contribution in [2.45, 2.75) is 19.9 Å². The zero-order chi connectivity index (χ0) is 14.7. The Morgan fingerprint density at radius 2 is 1.95 bits per heavy atom. The molecule has 2 rings (SSSR count). The smallest absolute Gasteiger partial charge is 0.251 e. The predicted molar refractivity (Wildman–Crippen MR) is 75.1 cm³/mol. The Labute approximate surface area is 117 Å². The average Bonchev–Trinajstić information content (AvgIpc) is 2.42. The lowest BCUT2D eigenvalue weighted by molar-refractivity contribution is 0.0939. The summed E-state index contributed by atoms with van der Waals surface area (Å²) in [6.07, 6.45) is 0. The average molecular weight is 273 g/mol. The first-order valence-electron chi connectivity index (χ1n) is 6.34. The van der Waals surface area contributed by atoms with Crippen molar-refractivity contribution in [1.82, 2.24) is 5.32 Å². The molecule has 0 spiro atoms. The lowest BCUT2D eigenvalue weighted by Gasteiger charge is -2.15. The molecular formula is C16H16FNO2. The van der Waals surface area contributed by atoms with E-state index < -0.39 is 6.04 Å². The number of hydrogen-bond donors (Lipinski definition) is 2. The first kappa shape index (κ1) is 14.1. The van der Waals surface area contributed by atoms with E-state index in [1.807, 2.05) is 0 Å². The lowest BCUT2D eigenvalue weighted by atomic mass is 10.1. The Balaban J connectivity index is 2.15. The monoisotopic (exact) mass is 273 g/mol. The van der Waals surface area contributed by atoms with E-state index in [1.54, 1.807) is 44.2 Å². The van der Waals surface area contributed by atoms with Gasteiger partial charge in [-0.25, -0.2) is 4.39 Å². The molecule has 0 aromatic heterocycles. The largest absolute Gasteiger partial charge is 0.508 e. The molecule has 1 unspecified atom stereocenters. The van der Waals surface area contributed by atoms with E-state index in [0.717, 1.165) is 0 Å². The van der Waals surface area contributed by atoms with Gasteiger partial charge in [0.15, 0.2) is 0 Å². The number of phenolic OH excluding ortho intramolecular Hbond substituents is 1. The van der Waals surface area contributed by atoms with Crippen molar-refractivity contribution in [2.75, 3.05) is 0 Å². The number of phenols is 1. The quantitative estimate of drug-likeness (QED) is 0.901. The topological polar surface area (TPSA) is 49.3 Å². The van der Waals surface area contributed by atoms with Crippen LogP contribution < -0.4 is 5.32 Å². The first-order valence-corrected chi connectivity index (χ1v) is 6.34. The molecule has 0 fully saturated rings. The molecular weight excluding hydrogens is 257 g/mol. The lowest BCUT2D eigenvalue weighted by Crippen LogP contribution is -2.27. The highest BCUT2D eigenvalue weighted by Gasteiger charge is 2.14. The third-order valence-corrected chi connectivity index (χ3v) is 3.19. The zero-order valence-corrected chi connectivity index (χ0v) is 11.4. The van der Waals surface area contributed by atoms with Crippen LogP contribution in [0.25, 0.3) is 0 Å². The first-order chi connectivity index (χ1) is 9.49. The fourth-order valence-corrected chi connectivity index (χ4v) is 1.93. The highest BCUT2D eigenvalue weighted by molar-refractivity contribution is 5.94. The van der Waals surface area contributed by atoms with Gasteiger partial charge in [0, 0.05) is 11.1 Å². The van der Waals surface area contributed by atoms with Gasteiger partial charge in [-0.3, -0.25) is 4.79 Å². The minimum atomic E-state index is -0.452. The summed E-state index contributed by atoms with van der Waals surface area (Å²) in [5.41, 5.74) is 1.47. The molecule has 2 N–H and O–H groups in total. The van der Waals surface area contributed by atoms with Gasteiger partial charge >= 0.3 is 0 Å². The van der Waals surface area contributed by atoms with Gasteiger partial charge < -0.3 is 10.4 Å². The fourth-order valence-electron chi connectivity index (χ4n) is 1.93. The maximum Gasteiger partial charge on any atom is 0.251 e. The van der Waals surface area contributed by atoms with E-state index in [-0.39, 0.29) is 17.5 Å². The molecule has 3 nitrogen and oxygen atoms in total. The number of hydrogen-bond acceptors (Lipinski definition) is 2. The summed E-state index contributed by atoms with van der Waals surface area (Å²) in [5.74, 6) is -0.640. The van der Waals surface area contributed by atoms with Crippen LogP contribution in [0.5, 0.6) is 5.75 Å². The predicted octanol–water partition coefficient (Wildman–Crippen LogP) is 3.33. The fraction of sp³-hybridized carbons (Fsp3) is 0.188. The van der Waals surface area contributed by atoms with Crippen LogP contribution in [-0.2, 0) is 0 Å². The third-order valence-electron chi connectivity index (χ3n) is 3.19. The van der Waals surface area contributed by atoms with E-state index in [1.165, 1.54) is 12.1 Å². The van der Waals surface area contributed by atoms with Crippen molar-refractivity contribution < 1.29 is 14.3 Å². The Hall–Kier alpha value is -2.36. The second-order valence-electron chi connectivity index (χ2n) is 4.72. The minimum Gasteiger partial charge on any atom is -0.508 e.